The summed E-state index contributed by atoms with van der Waals surface area (Å²) >= 11 is 4.27. The standard InChI is InChI=1S/C13H16IN3S/c1-18-12-4-2-3-11(12)17-10-6-5-8(14)7-9(10)16-13(17)15/h5-7,11-12H,2-4H2,1H3,(H2,15,16). The molecule has 3 nitrogen and oxygen atoms in total. The van der Waals surface area contributed by atoms with Crippen molar-refractivity contribution in [3.05, 3.63) is 21.8 Å². The lowest BCUT2D eigenvalue weighted by molar-refractivity contribution is 0.550. The van der Waals surface area contributed by atoms with E-state index in [4.69, 9.17) is 5.73 Å². The Balaban J connectivity index is 2.13. The number of aromatic nitrogens is 2. The van der Waals surface area contributed by atoms with Gasteiger partial charge in [0.2, 0.25) is 5.95 Å². The van der Waals surface area contributed by atoms with E-state index in [-0.39, 0.29) is 0 Å². The molecule has 2 N–H and O–H groups in total. The Bertz CT molecular complexity index is 581. The number of hydrogen-bond acceptors (Lipinski definition) is 3. The molecule has 1 aromatic carbocycles. The van der Waals surface area contributed by atoms with Gasteiger partial charge >= 0.3 is 0 Å². The van der Waals surface area contributed by atoms with Gasteiger partial charge in [-0.25, -0.2) is 4.98 Å². The molecular formula is C13H16IN3S. The Morgan fingerprint density at radius 2 is 2.28 bits per heavy atom. The van der Waals surface area contributed by atoms with E-state index in [1.807, 2.05) is 11.8 Å². The van der Waals surface area contributed by atoms with E-state index in [9.17, 15) is 0 Å². The van der Waals surface area contributed by atoms with Gasteiger partial charge in [0.15, 0.2) is 0 Å². The third-order valence-electron chi connectivity index (χ3n) is 3.73. The van der Waals surface area contributed by atoms with Gasteiger partial charge in [0.1, 0.15) is 0 Å². The van der Waals surface area contributed by atoms with Crippen LogP contribution in [-0.4, -0.2) is 21.1 Å². The van der Waals surface area contributed by atoms with Crippen LogP contribution in [-0.2, 0) is 0 Å². The quantitative estimate of drug-likeness (QED) is 0.817. The number of nitrogens with zero attached hydrogens (tertiary/aromatic N) is 2. The fraction of sp³-hybridized carbons (Fsp3) is 0.462. The first-order chi connectivity index (χ1) is 8.70. The minimum absolute atomic E-state index is 0.505. The van der Waals surface area contributed by atoms with Gasteiger partial charge in [-0.1, -0.05) is 6.42 Å². The van der Waals surface area contributed by atoms with E-state index < -0.39 is 0 Å². The van der Waals surface area contributed by atoms with Crippen LogP contribution in [0.5, 0.6) is 0 Å². The molecule has 96 valence electrons. The number of hydrogen-bond donors (Lipinski definition) is 1. The molecule has 1 saturated carbocycles. The topological polar surface area (TPSA) is 43.8 Å². The fourth-order valence-corrected chi connectivity index (χ4v) is 4.36. The van der Waals surface area contributed by atoms with Crippen molar-refractivity contribution in [2.45, 2.75) is 30.6 Å². The van der Waals surface area contributed by atoms with Crippen molar-refractivity contribution in [2.75, 3.05) is 12.0 Å². The maximum Gasteiger partial charge on any atom is 0.201 e. The van der Waals surface area contributed by atoms with Gasteiger partial charge in [0.25, 0.3) is 0 Å². The van der Waals surface area contributed by atoms with Crippen molar-refractivity contribution in [2.24, 2.45) is 0 Å². The van der Waals surface area contributed by atoms with Crippen LogP contribution in [0.25, 0.3) is 11.0 Å². The third-order valence-corrected chi connectivity index (χ3v) is 5.56. The highest BCUT2D eigenvalue weighted by Crippen LogP contribution is 2.40. The third kappa shape index (κ3) is 2.01. The zero-order chi connectivity index (χ0) is 12.7. The number of imidazole rings is 1. The minimum atomic E-state index is 0.505. The second-order valence-corrected chi connectivity index (χ2v) is 7.07. The summed E-state index contributed by atoms with van der Waals surface area (Å²) in [6.07, 6.45) is 5.99. The predicted octanol–water partition coefficient (Wildman–Crippen LogP) is 3.68. The van der Waals surface area contributed by atoms with E-state index >= 15 is 0 Å². The molecule has 1 fully saturated rings. The molecule has 1 aromatic heterocycles. The van der Waals surface area contributed by atoms with Gasteiger partial charge in [0, 0.05) is 14.9 Å². The maximum atomic E-state index is 6.14. The first-order valence-corrected chi connectivity index (χ1v) is 8.53. The Kier molecular flexibility index (Phi) is 3.44. The van der Waals surface area contributed by atoms with Gasteiger partial charge in [-0.2, -0.15) is 11.8 Å². The summed E-state index contributed by atoms with van der Waals surface area (Å²) in [5.41, 5.74) is 8.34. The molecule has 18 heavy (non-hydrogen) atoms. The van der Waals surface area contributed by atoms with Crippen LogP contribution in [0.15, 0.2) is 18.2 Å². The van der Waals surface area contributed by atoms with Crippen LogP contribution in [0.1, 0.15) is 25.3 Å². The number of halogens is 1. The Labute approximate surface area is 125 Å². The molecule has 1 heterocycles. The highest BCUT2D eigenvalue weighted by atomic mass is 127. The average Bonchev–Trinajstić information content (AvgIpc) is 2.90. The first-order valence-electron chi connectivity index (χ1n) is 6.16. The number of fused-ring (bicyclic) bond motifs is 1. The summed E-state index contributed by atoms with van der Waals surface area (Å²) in [7, 11) is 0. The van der Waals surface area contributed by atoms with Gasteiger partial charge in [-0.15, -0.1) is 0 Å². The monoisotopic (exact) mass is 373 g/mol. The zero-order valence-electron chi connectivity index (χ0n) is 10.3. The predicted molar refractivity (Wildman–Crippen MR) is 87.1 cm³/mol. The molecular weight excluding hydrogens is 357 g/mol. The molecule has 1 aliphatic rings. The molecule has 0 saturated heterocycles. The van der Waals surface area contributed by atoms with Crippen LogP contribution >= 0.6 is 34.4 Å². The molecule has 0 amide bonds. The Hall–Kier alpha value is -0.430. The van der Waals surface area contributed by atoms with Gasteiger partial charge in [-0.05, 0) is 59.9 Å². The second kappa shape index (κ2) is 4.92. The lowest BCUT2D eigenvalue weighted by atomic mass is 10.2. The summed E-state index contributed by atoms with van der Waals surface area (Å²) in [6.45, 7) is 0. The van der Waals surface area contributed by atoms with Gasteiger partial charge < -0.3 is 10.3 Å². The number of benzene rings is 1. The van der Waals surface area contributed by atoms with E-state index in [0.29, 0.717) is 17.2 Å². The van der Waals surface area contributed by atoms with Gasteiger partial charge in [0.05, 0.1) is 11.0 Å². The van der Waals surface area contributed by atoms with Gasteiger partial charge in [-0.3, -0.25) is 0 Å². The van der Waals surface area contributed by atoms with Crippen LogP contribution in [0, 0.1) is 3.57 Å². The summed E-state index contributed by atoms with van der Waals surface area (Å²) in [5, 5.41) is 0.670. The average molecular weight is 373 g/mol. The second-order valence-electron chi connectivity index (χ2n) is 4.75. The summed E-state index contributed by atoms with van der Waals surface area (Å²) in [5.74, 6) is 0.665. The first kappa shape index (κ1) is 12.6. The van der Waals surface area contributed by atoms with Crippen LogP contribution in [0.2, 0.25) is 0 Å². The van der Waals surface area contributed by atoms with Crippen LogP contribution in [0.3, 0.4) is 0 Å². The minimum Gasteiger partial charge on any atom is -0.369 e. The number of nitrogen functional groups attached to an aromatic ring is 1. The van der Waals surface area contributed by atoms with E-state index in [0.717, 1.165) is 5.52 Å². The van der Waals surface area contributed by atoms with E-state index in [2.05, 4.69) is 56.6 Å². The molecule has 2 atom stereocenters. The van der Waals surface area contributed by atoms with Crippen molar-refractivity contribution >= 4 is 51.3 Å². The van der Waals surface area contributed by atoms with Crippen molar-refractivity contribution in [3.63, 3.8) is 0 Å². The number of thioether (sulfide) groups is 1. The van der Waals surface area contributed by atoms with Crippen molar-refractivity contribution < 1.29 is 0 Å². The molecule has 0 spiro atoms. The number of anilines is 1. The molecule has 0 radical (unpaired) electrons. The smallest absolute Gasteiger partial charge is 0.201 e. The van der Waals surface area contributed by atoms with Crippen molar-refractivity contribution in [1.29, 1.82) is 0 Å². The maximum absolute atomic E-state index is 6.14. The molecule has 5 heteroatoms. The summed E-state index contributed by atoms with van der Waals surface area (Å²) < 4.78 is 3.46. The number of nitrogens with two attached hydrogens (primary N) is 1. The highest BCUT2D eigenvalue weighted by Gasteiger charge is 2.30. The molecule has 3 rings (SSSR count). The fourth-order valence-electron chi connectivity index (χ4n) is 2.92. The van der Waals surface area contributed by atoms with Crippen LogP contribution < -0.4 is 5.73 Å². The highest BCUT2D eigenvalue weighted by molar-refractivity contribution is 14.1. The van der Waals surface area contributed by atoms with Crippen molar-refractivity contribution in [1.82, 2.24) is 9.55 Å². The molecule has 0 aliphatic heterocycles. The Morgan fingerprint density at radius 1 is 1.44 bits per heavy atom. The molecule has 0 bridgehead atoms. The van der Waals surface area contributed by atoms with Crippen molar-refractivity contribution in [3.8, 4) is 0 Å². The lowest BCUT2D eigenvalue weighted by Gasteiger charge is -2.21. The summed E-state index contributed by atoms with van der Waals surface area (Å²) in [4.78, 5) is 4.51. The zero-order valence-corrected chi connectivity index (χ0v) is 13.2. The molecule has 2 aromatic rings. The summed E-state index contributed by atoms with van der Waals surface area (Å²) in [6, 6.07) is 6.89. The molecule has 1 aliphatic carbocycles. The normalized spacial score (nSPS) is 23.9. The lowest BCUT2D eigenvalue weighted by Crippen LogP contribution is -2.17. The van der Waals surface area contributed by atoms with Crippen LogP contribution in [0.4, 0.5) is 5.95 Å². The SMILES string of the molecule is CSC1CCCC1n1c(N)nc2cc(I)ccc21. The molecule has 2 unspecified atom stereocenters. The Morgan fingerprint density at radius 3 is 3.06 bits per heavy atom. The largest absolute Gasteiger partial charge is 0.369 e. The van der Waals surface area contributed by atoms with E-state index in [1.54, 1.807) is 0 Å². The van der Waals surface area contributed by atoms with E-state index in [1.165, 1.54) is 28.3 Å². The number of rotatable bonds is 2.